The van der Waals surface area contributed by atoms with Gasteiger partial charge in [-0.15, -0.1) is 0 Å². The van der Waals surface area contributed by atoms with E-state index in [1.165, 1.54) is 49.5 Å². The van der Waals surface area contributed by atoms with Gasteiger partial charge in [-0.05, 0) is 74.4 Å². The van der Waals surface area contributed by atoms with E-state index in [2.05, 4.69) is 5.32 Å². The van der Waals surface area contributed by atoms with Gasteiger partial charge in [-0.2, -0.15) is 0 Å². The predicted molar refractivity (Wildman–Crippen MR) is 165 cm³/mol. The van der Waals surface area contributed by atoms with Gasteiger partial charge in [-0.3, -0.25) is 13.9 Å². The van der Waals surface area contributed by atoms with Gasteiger partial charge in [0.2, 0.25) is 11.8 Å². The highest BCUT2D eigenvalue weighted by atomic mass is 35.5. The van der Waals surface area contributed by atoms with Gasteiger partial charge < -0.3 is 19.7 Å². The molecule has 0 fully saturated rings. The van der Waals surface area contributed by atoms with E-state index >= 15 is 0 Å². The summed E-state index contributed by atoms with van der Waals surface area (Å²) in [6.07, 6.45) is 0.241. The Kier molecular flexibility index (Phi) is 11.7. The summed E-state index contributed by atoms with van der Waals surface area (Å²) in [5.41, 5.74) is 0.619. The van der Waals surface area contributed by atoms with Crippen LogP contribution in [-0.4, -0.2) is 58.0 Å². The van der Waals surface area contributed by atoms with Crippen LogP contribution in [0.25, 0.3) is 0 Å². The van der Waals surface area contributed by atoms with Gasteiger partial charge in [0.1, 0.15) is 18.4 Å². The van der Waals surface area contributed by atoms with Crippen LogP contribution in [0.5, 0.6) is 11.5 Å². The molecule has 9 nitrogen and oxygen atoms in total. The zero-order chi connectivity index (χ0) is 31.9. The van der Waals surface area contributed by atoms with Gasteiger partial charge in [0.25, 0.3) is 10.0 Å². The summed E-state index contributed by atoms with van der Waals surface area (Å²) in [7, 11) is -1.64. The van der Waals surface area contributed by atoms with Crippen LogP contribution in [0.4, 0.5) is 10.1 Å². The molecule has 43 heavy (non-hydrogen) atoms. The lowest BCUT2D eigenvalue weighted by Gasteiger charge is -2.33. The van der Waals surface area contributed by atoms with Crippen LogP contribution in [0.2, 0.25) is 10.0 Å². The highest BCUT2D eigenvalue weighted by Gasteiger charge is 2.34. The van der Waals surface area contributed by atoms with Crippen molar-refractivity contribution in [2.45, 2.75) is 50.7 Å². The van der Waals surface area contributed by atoms with E-state index in [4.69, 9.17) is 32.7 Å². The summed E-state index contributed by atoms with van der Waals surface area (Å²) >= 11 is 12.3. The number of carbonyl (C=O) groups excluding carboxylic acids is 2. The number of methoxy groups -OCH3 is 2. The Morgan fingerprint density at radius 2 is 1.58 bits per heavy atom. The molecule has 1 N–H and O–H groups in total. The average molecular weight is 655 g/mol. The third-order valence-electron chi connectivity index (χ3n) is 6.49. The number of hydrogen-bond donors (Lipinski definition) is 1. The highest BCUT2D eigenvalue weighted by molar-refractivity contribution is 7.92. The lowest BCUT2D eigenvalue weighted by Crippen LogP contribution is -2.53. The molecule has 0 unspecified atom stereocenters. The van der Waals surface area contributed by atoms with E-state index < -0.39 is 40.2 Å². The quantitative estimate of drug-likeness (QED) is 0.255. The maximum absolute atomic E-state index is 14.1. The molecule has 0 aliphatic heterocycles. The molecular formula is C30H34Cl2FN3O6S. The molecule has 2 amide bonds. The highest BCUT2D eigenvalue weighted by Crippen LogP contribution is 2.32. The molecule has 0 radical (unpaired) electrons. The molecule has 3 aromatic carbocycles. The first-order valence-corrected chi connectivity index (χ1v) is 15.6. The van der Waals surface area contributed by atoms with Crippen LogP contribution in [0, 0.1) is 5.82 Å². The van der Waals surface area contributed by atoms with E-state index in [0.29, 0.717) is 16.3 Å². The molecule has 0 saturated heterocycles. The summed E-state index contributed by atoms with van der Waals surface area (Å²) in [6, 6.07) is 12.4. The number of rotatable bonds is 13. The third kappa shape index (κ3) is 8.31. The van der Waals surface area contributed by atoms with Gasteiger partial charge in [-0.1, -0.05) is 36.2 Å². The maximum Gasteiger partial charge on any atom is 0.264 e. The fourth-order valence-corrected chi connectivity index (χ4v) is 6.13. The normalized spacial score (nSPS) is 12.0. The number of hydrogen-bond acceptors (Lipinski definition) is 6. The largest absolute Gasteiger partial charge is 0.493 e. The van der Waals surface area contributed by atoms with Crippen molar-refractivity contribution in [2.75, 3.05) is 25.1 Å². The average Bonchev–Trinajstić information content (AvgIpc) is 2.97. The summed E-state index contributed by atoms with van der Waals surface area (Å²) < 4.78 is 53.3. The Labute approximate surface area is 261 Å². The lowest BCUT2D eigenvalue weighted by atomic mass is 10.1. The fraction of sp³-hybridized carbons (Fsp3) is 0.333. The molecule has 0 aromatic heterocycles. The molecule has 0 aliphatic rings. The fourth-order valence-electron chi connectivity index (χ4n) is 4.38. The Bertz CT molecular complexity index is 1550. The van der Waals surface area contributed by atoms with Crippen molar-refractivity contribution in [3.63, 3.8) is 0 Å². The minimum atomic E-state index is -4.42. The van der Waals surface area contributed by atoms with Crippen molar-refractivity contribution >= 4 is 50.7 Å². The third-order valence-corrected chi connectivity index (χ3v) is 9.00. The molecule has 0 aliphatic carbocycles. The van der Waals surface area contributed by atoms with E-state index in [0.717, 1.165) is 16.4 Å². The first-order valence-electron chi connectivity index (χ1n) is 13.4. The summed E-state index contributed by atoms with van der Waals surface area (Å²) in [6.45, 7) is 4.57. The minimum absolute atomic E-state index is 0.0405. The van der Waals surface area contributed by atoms with Crippen LogP contribution >= 0.6 is 23.2 Å². The van der Waals surface area contributed by atoms with Crippen LogP contribution in [-0.2, 0) is 26.2 Å². The second-order valence-electron chi connectivity index (χ2n) is 9.86. The number of carbonyl (C=O) groups is 2. The van der Waals surface area contributed by atoms with Gasteiger partial charge >= 0.3 is 0 Å². The SMILES string of the molecule is CC[C@@H](C(=O)NC(C)C)N(Cc1ccc(Cl)c(Cl)c1)C(=O)CN(c1ccc(F)cc1)S(=O)(=O)c1ccc(OC)c(OC)c1. The van der Waals surface area contributed by atoms with Crippen molar-refractivity contribution in [1.29, 1.82) is 0 Å². The second-order valence-corrected chi connectivity index (χ2v) is 12.5. The number of anilines is 1. The first-order chi connectivity index (χ1) is 20.3. The van der Waals surface area contributed by atoms with Crippen molar-refractivity contribution in [1.82, 2.24) is 10.2 Å². The number of amides is 2. The van der Waals surface area contributed by atoms with E-state index in [-0.39, 0.29) is 40.4 Å². The minimum Gasteiger partial charge on any atom is -0.493 e. The molecule has 13 heteroatoms. The molecule has 0 saturated carbocycles. The second kappa shape index (κ2) is 14.8. The van der Waals surface area contributed by atoms with Gasteiger partial charge in [-0.25, -0.2) is 12.8 Å². The molecule has 232 valence electrons. The van der Waals surface area contributed by atoms with Crippen molar-refractivity contribution in [3.05, 3.63) is 82.1 Å². The summed E-state index contributed by atoms with van der Waals surface area (Å²) in [5.74, 6) is -1.20. The number of nitrogens with one attached hydrogen (secondary N) is 1. The lowest BCUT2D eigenvalue weighted by molar-refractivity contribution is -0.140. The number of nitrogens with zero attached hydrogens (tertiary/aromatic N) is 2. The molecule has 3 rings (SSSR count). The zero-order valence-corrected chi connectivity index (χ0v) is 26.8. The maximum atomic E-state index is 14.1. The van der Waals surface area contributed by atoms with Crippen molar-refractivity contribution in [2.24, 2.45) is 0 Å². The Morgan fingerprint density at radius 3 is 2.14 bits per heavy atom. The number of ether oxygens (including phenoxy) is 2. The van der Waals surface area contributed by atoms with Gasteiger partial charge in [0.05, 0.1) is 34.8 Å². The summed E-state index contributed by atoms with van der Waals surface area (Å²) in [5, 5.41) is 3.40. The van der Waals surface area contributed by atoms with Gasteiger partial charge in [0.15, 0.2) is 11.5 Å². The van der Waals surface area contributed by atoms with Gasteiger partial charge in [0, 0.05) is 18.7 Å². The molecular weight excluding hydrogens is 620 g/mol. The van der Waals surface area contributed by atoms with Crippen LogP contribution in [0.1, 0.15) is 32.8 Å². The van der Waals surface area contributed by atoms with Crippen molar-refractivity contribution < 1.29 is 31.9 Å². The molecule has 0 bridgehead atoms. The first kappa shape index (κ1) is 34.0. The Hall–Kier alpha value is -3.54. The number of halogens is 3. The van der Waals surface area contributed by atoms with E-state index in [9.17, 15) is 22.4 Å². The van der Waals surface area contributed by atoms with Crippen LogP contribution in [0.3, 0.4) is 0 Å². The van der Waals surface area contributed by atoms with E-state index in [1.54, 1.807) is 39.0 Å². The molecule has 0 spiro atoms. The zero-order valence-electron chi connectivity index (χ0n) is 24.4. The van der Waals surface area contributed by atoms with E-state index in [1.807, 2.05) is 0 Å². The topological polar surface area (TPSA) is 105 Å². The Balaban J connectivity index is 2.11. The molecule has 0 heterocycles. The smallest absolute Gasteiger partial charge is 0.264 e. The Morgan fingerprint density at radius 1 is 0.930 bits per heavy atom. The molecule has 1 atom stereocenters. The number of sulfonamides is 1. The van der Waals surface area contributed by atoms with Crippen molar-refractivity contribution in [3.8, 4) is 11.5 Å². The standard InChI is InChI=1S/C30H34Cl2FN3O6S/c1-6-26(30(38)34-19(2)3)35(17-20-7-13-24(31)25(32)15-20)29(37)18-36(22-10-8-21(33)9-11-22)43(39,40)23-12-14-27(41-4)28(16-23)42-5/h7-16,19,26H,6,17-18H2,1-5H3,(H,34,38)/t26-/m0/s1. The summed E-state index contributed by atoms with van der Waals surface area (Å²) in [4.78, 5) is 28.4. The monoisotopic (exact) mass is 653 g/mol. The molecule has 3 aromatic rings. The predicted octanol–water partition coefficient (Wildman–Crippen LogP) is 5.68. The van der Waals surface area contributed by atoms with Crippen LogP contribution in [0.15, 0.2) is 65.6 Å². The van der Waals surface area contributed by atoms with Crippen LogP contribution < -0.4 is 19.1 Å². The number of benzene rings is 3.